The SMILES string of the molecule is CNC(=O)c1cccc(NC(=O)COc2c(C)cccc2C)c1. The third-order valence-electron chi connectivity index (χ3n) is 3.39. The highest BCUT2D eigenvalue weighted by atomic mass is 16.5. The second kappa shape index (κ2) is 7.45. The lowest BCUT2D eigenvalue weighted by Gasteiger charge is -2.12. The number of hydrogen-bond acceptors (Lipinski definition) is 3. The Morgan fingerprint density at radius 2 is 1.70 bits per heavy atom. The number of anilines is 1. The Hall–Kier alpha value is -2.82. The molecule has 23 heavy (non-hydrogen) atoms. The number of ether oxygens (including phenoxy) is 1. The second-order valence-electron chi connectivity index (χ2n) is 5.22. The number of hydrogen-bond donors (Lipinski definition) is 2. The first kappa shape index (κ1) is 16.5. The van der Waals surface area contributed by atoms with Crippen LogP contribution in [-0.2, 0) is 4.79 Å². The molecule has 0 aliphatic rings. The van der Waals surface area contributed by atoms with Crippen molar-refractivity contribution in [2.75, 3.05) is 19.0 Å². The molecule has 2 aromatic rings. The van der Waals surface area contributed by atoms with Crippen molar-refractivity contribution in [3.8, 4) is 5.75 Å². The Morgan fingerprint density at radius 1 is 1.04 bits per heavy atom. The van der Waals surface area contributed by atoms with Gasteiger partial charge in [0, 0.05) is 18.3 Å². The van der Waals surface area contributed by atoms with Crippen molar-refractivity contribution >= 4 is 17.5 Å². The molecule has 2 rings (SSSR count). The summed E-state index contributed by atoms with van der Waals surface area (Å²) < 4.78 is 5.61. The van der Waals surface area contributed by atoms with Gasteiger partial charge in [0.25, 0.3) is 11.8 Å². The van der Waals surface area contributed by atoms with Gasteiger partial charge in [0.2, 0.25) is 0 Å². The maximum Gasteiger partial charge on any atom is 0.262 e. The first-order chi connectivity index (χ1) is 11.0. The van der Waals surface area contributed by atoms with E-state index < -0.39 is 0 Å². The summed E-state index contributed by atoms with van der Waals surface area (Å²) in [4.78, 5) is 23.6. The van der Waals surface area contributed by atoms with E-state index in [1.165, 1.54) is 0 Å². The van der Waals surface area contributed by atoms with Crippen LogP contribution in [0.4, 0.5) is 5.69 Å². The highest BCUT2D eigenvalue weighted by molar-refractivity contribution is 5.97. The average Bonchev–Trinajstić information content (AvgIpc) is 2.54. The van der Waals surface area contributed by atoms with Crippen molar-refractivity contribution in [1.29, 1.82) is 0 Å². The smallest absolute Gasteiger partial charge is 0.262 e. The summed E-state index contributed by atoms with van der Waals surface area (Å²) in [7, 11) is 1.56. The van der Waals surface area contributed by atoms with E-state index in [-0.39, 0.29) is 18.4 Å². The van der Waals surface area contributed by atoms with Crippen LogP contribution in [-0.4, -0.2) is 25.5 Å². The molecule has 0 aromatic heterocycles. The molecule has 0 fully saturated rings. The lowest BCUT2D eigenvalue weighted by molar-refractivity contribution is -0.118. The van der Waals surface area contributed by atoms with E-state index in [2.05, 4.69) is 10.6 Å². The van der Waals surface area contributed by atoms with Gasteiger partial charge in [-0.3, -0.25) is 9.59 Å². The monoisotopic (exact) mass is 312 g/mol. The molecule has 5 heteroatoms. The third kappa shape index (κ3) is 4.32. The van der Waals surface area contributed by atoms with Crippen LogP contribution in [0, 0.1) is 13.8 Å². The number of carbonyl (C=O) groups excluding carboxylic acids is 2. The van der Waals surface area contributed by atoms with Crippen LogP contribution in [0.15, 0.2) is 42.5 Å². The molecule has 2 amide bonds. The molecular weight excluding hydrogens is 292 g/mol. The highest BCUT2D eigenvalue weighted by Gasteiger charge is 2.09. The van der Waals surface area contributed by atoms with E-state index in [9.17, 15) is 9.59 Å². The molecule has 5 nitrogen and oxygen atoms in total. The molecule has 120 valence electrons. The van der Waals surface area contributed by atoms with Gasteiger partial charge in [-0.05, 0) is 43.2 Å². The van der Waals surface area contributed by atoms with Crippen molar-refractivity contribution < 1.29 is 14.3 Å². The maximum absolute atomic E-state index is 12.0. The Labute approximate surface area is 135 Å². The summed E-state index contributed by atoms with van der Waals surface area (Å²) >= 11 is 0. The largest absolute Gasteiger partial charge is 0.483 e. The first-order valence-electron chi connectivity index (χ1n) is 7.32. The van der Waals surface area contributed by atoms with Gasteiger partial charge in [-0.15, -0.1) is 0 Å². The van der Waals surface area contributed by atoms with Crippen LogP contribution in [0.25, 0.3) is 0 Å². The fraction of sp³-hybridized carbons (Fsp3) is 0.222. The minimum Gasteiger partial charge on any atom is -0.483 e. The molecular formula is C18H20N2O3. The first-order valence-corrected chi connectivity index (χ1v) is 7.32. The predicted molar refractivity (Wildman–Crippen MR) is 89.9 cm³/mol. The Bertz CT molecular complexity index is 706. The van der Waals surface area contributed by atoms with Crippen molar-refractivity contribution in [1.82, 2.24) is 5.32 Å². The number of aryl methyl sites for hydroxylation is 2. The van der Waals surface area contributed by atoms with E-state index in [1.807, 2.05) is 32.0 Å². The van der Waals surface area contributed by atoms with Crippen LogP contribution in [0.5, 0.6) is 5.75 Å². The third-order valence-corrected chi connectivity index (χ3v) is 3.39. The molecule has 0 radical (unpaired) electrons. The summed E-state index contributed by atoms with van der Waals surface area (Å²) in [5.74, 6) is 0.247. The van der Waals surface area contributed by atoms with Crippen LogP contribution in [0.1, 0.15) is 21.5 Å². The molecule has 2 aromatic carbocycles. The zero-order valence-electron chi connectivity index (χ0n) is 13.5. The lowest BCUT2D eigenvalue weighted by atomic mass is 10.1. The van der Waals surface area contributed by atoms with E-state index in [0.717, 1.165) is 16.9 Å². The molecule has 0 saturated heterocycles. The molecule has 0 heterocycles. The zero-order valence-corrected chi connectivity index (χ0v) is 13.5. The molecule has 0 atom stereocenters. The highest BCUT2D eigenvalue weighted by Crippen LogP contribution is 2.22. The van der Waals surface area contributed by atoms with Crippen molar-refractivity contribution in [2.45, 2.75) is 13.8 Å². The summed E-state index contributed by atoms with van der Waals surface area (Å²) in [5.41, 5.74) is 3.01. The van der Waals surface area contributed by atoms with Crippen molar-refractivity contribution in [3.63, 3.8) is 0 Å². The van der Waals surface area contributed by atoms with E-state index in [4.69, 9.17) is 4.74 Å². The van der Waals surface area contributed by atoms with Crippen molar-refractivity contribution in [3.05, 3.63) is 59.2 Å². The summed E-state index contributed by atoms with van der Waals surface area (Å²) in [6.07, 6.45) is 0. The summed E-state index contributed by atoms with van der Waals surface area (Å²) in [5, 5.41) is 5.27. The van der Waals surface area contributed by atoms with Crippen LogP contribution in [0.2, 0.25) is 0 Å². The topological polar surface area (TPSA) is 67.4 Å². The number of benzene rings is 2. The summed E-state index contributed by atoms with van der Waals surface area (Å²) in [6.45, 7) is 3.79. The lowest BCUT2D eigenvalue weighted by Crippen LogP contribution is -2.21. The van der Waals surface area contributed by atoms with Crippen LogP contribution in [0.3, 0.4) is 0 Å². The fourth-order valence-corrected chi connectivity index (χ4v) is 2.24. The minimum absolute atomic E-state index is 0.0874. The van der Waals surface area contributed by atoms with E-state index in [1.54, 1.807) is 31.3 Å². The van der Waals surface area contributed by atoms with Gasteiger partial charge in [0.05, 0.1) is 0 Å². The van der Waals surface area contributed by atoms with Gasteiger partial charge in [-0.25, -0.2) is 0 Å². The molecule has 0 aliphatic heterocycles. The van der Waals surface area contributed by atoms with Gasteiger partial charge in [0.1, 0.15) is 5.75 Å². The number of rotatable bonds is 5. The van der Waals surface area contributed by atoms with E-state index in [0.29, 0.717) is 11.3 Å². The molecule has 0 saturated carbocycles. The molecule has 0 spiro atoms. The van der Waals surface area contributed by atoms with Gasteiger partial charge in [-0.1, -0.05) is 24.3 Å². The Kier molecular flexibility index (Phi) is 5.36. The summed E-state index contributed by atoms with van der Waals surface area (Å²) in [6, 6.07) is 12.6. The maximum atomic E-state index is 12.0. The van der Waals surface area contributed by atoms with Gasteiger partial charge in [-0.2, -0.15) is 0 Å². The van der Waals surface area contributed by atoms with Crippen molar-refractivity contribution in [2.24, 2.45) is 0 Å². The Morgan fingerprint density at radius 3 is 2.35 bits per heavy atom. The quantitative estimate of drug-likeness (QED) is 0.892. The molecule has 2 N–H and O–H groups in total. The van der Waals surface area contributed by atoms with Crippen LogP contribution >= 0.6 is 0 Å². The van der Waals surface area contributed by atoms with Crippen LogP contribution < -0.4 is 15.4 Å². The number of amides is 2. The Balaban J connectivity index is 1.99. The average molecular weight is 312 g/mol. The number of carbonyl (C=O) groups is 2. The predicted octanol–water partition coefficient (Wildman–Crippen LogP) is 2.68. The van der Waals surface area contributed by atoms with Gasteiger partial charge in [0.15, 0.2) is 6.61 Å². The molecule has 0 unspecified atom stereocenters. The van der Waals surface area contributed by atoms with E-state index >= 15 is 0 Å². The zero-order chi connectivity index (χ0) is 16.8. The molecule has 0 aliphatic carbocycles. The second-order valence-corrected chi connectivity index (χ2v) is 5.22. The number of para-hydroxylation sites is 1. The molecule has 0 bridgehead atoms. The fourth-order valence-electron chi connectivity index (χ4n) is 2.24. The normalized spacial score (nSPS) is 10.0. The van der Waals surface area contributed by atoms with Gasteiger partial charge < -0.3 is 15.4 Å². The minimum atomic E-state index is -0.276. The van der Waals surface area contributed by atoms with Gasteiger partial charge >= 0.3 is 0 Å². The standard InChI is InChI=1S/C18H20N2O3/c1-12-6-4-7-13(2)17(12)23-11-16(21)20-15-9-5-8-14(10-15)18(22)19-3/h4-10H,11H2,1-3H3,(H,19,22)(H,20,21). The number of nitrogens with one attached hydrogen (secondary N) is 2.